The van der Waals surface area contributed by atoms with Gasteiger partial charge in [0.25, 0.3) is 0 Å². The van der Waals surface area contributed by atoms with Crippen LogP contribution >= 0.6 is 0 Å². The fraction of sp³-hybridized carbons (Fsp3) is 0.353. The van der Waals surface area contributed by atoms with Crippen molar-refractivity contribution in [1.29, 1.82) is 0 Å². The summed E-state index contributed by atoms with van der Waals surface area (Å²) in [5, 5.41) is 5.62. The van der Waals surface area contributed by atoms with E-state index in [0.717, 1.165) is 11.3 Å². The van der Waals surface area contributed by atoms with Crippen LogP contribution in [0.15, 0.2) is 41.0 Å². The number of rotatable bonds is 8. The van der Waals surface area contributed by atoms with Crippen LogP contribution in [0.3, 0.4) is 0 Å². The van der Waals surface area contributed by atoms with Gasteiger partial charge in [0.15, 0.2) is 11.5 Å². The third-order valence-electron chi connectivity index (χ3n) is 3.38. The van der Waals surface area contributed by atoms with Crippen LogP contribution in [0.5, 0.6) is 11.5 Å². The molecule has 0 radical (unpaired) electrons. The van der Waals surface area contributed by atoms with Crippen LogP contribution in [0.2, 0.25) is 0 Å². The van der Waals surface area contributed by atoms with Crippen LogP contribution in [0.4, 0.5) is 4.79 Å². The van der Waals surface area contributed by atoms with Crippen molar-refractivity contribution in [3.63, 3.8) is 0 Å². The molecule has 0 unspecified atom stereocenters. The van der Waals surface area contributed by atoms with E-state index in [0.29, 0.717) is 37.4 Å². The van der Waals surface area contributed by atoms with E-state index in [9.17, 15) is 4.79 Å². The molecule has 1 aromatic heterocycles. The Labute approximate surface area is 135 Å². The Morgan fingerprint density at radius 2 is 1.78 bits per heavy atom. The van der Waals surface area contributed by atoms with Crippen molar-refractivity contribution in [3.8, 4) is 11.5 Å². The van der Waals surface area contributed by atoms with Gasteiger partial charge < -0.3 is 24.5 Å². The lowest BCUT2D eigenvalue weighted by Crippen LogP contribution is -2.37. The quantitative estimate of drug-likeness (QED) is 0.784. The van der Waals surface area contributed by atoms with Gasteiger partial charge in [0.2, 0.25) is 0 Å². The maximum atomic E-state index is 11.7. The first kappa shape index (κ1) is 16.7. The Kier molecular flexibility index (Phi) is 6.35. The second-order valence-corrected chi connectivity index (χ2v) is 4.95. The van der Waals surface area contributed by atoms with Crippen LogP contribution in [0, 0.1) is 0 Å². The van der Waals surface area contributed by atoms with E-state index in [1.807, 2.05) is 30.3 Å². The van der Waals surface area contributed by atoms with Crippen LogP contribution in [0.1, 0.15) is 11.3 Å². The third kappa shape index (κ3) is 5.25. The highest BCUT2D eigenvalue weighted by Crippen LogP contribution is 2.27. The van der Waals surface area contributed by atoms with Gasteiger partial charge in [-0.15, -0.1) is 0 Å². The van der Waals surface area contributed by atoms with E-state index in [1.165, 1.54) is 0 Å². The Hall–Kier alpha value is -2.63. The highest BCUT2D eigenvalue weighted by Gasteiger charge is 2.05. The van der Waals surface area contributed by atoms with Gasteiger partial charge in [-0.25, -0.2) is 4.79 Å². The third-order valence-corrected chi connectivity index (χ3v) is 3.38. The maximum Gasteiger partial charge on any atom is 0.314 e. The molecule has 2 amide bonds. The van der Waals surface area contributed by atoms with Crippen molar-refractivity contribution in [2.45, 2.75) is 12.8 Å². The molecule has 0 aliphatic carbocycles. The predicted molar refractivity (Wildman–Crippen MR) is 87.1 cm³/mol. The molecule has 23 heavy (non-hydrogen) atoms. The summed E-state index contributed by atoms with van der Waals surface area (Å²) in [7, 11) is 3.21. The van der Waals surface area contributed by atoms with Gasteiger partial charge in [0.1, 0.15) is 5.76 Å². The van der Waals surface area contributed by atoms with E-state index in [4.69, 9.17) is 13.9 Å². The Bertz CT molecular complexity index is 611. The normalized spacial score (nSPS) is 10.2. The number of carbonyl (C=O) groups is 1. The summed E-state index contributed by atoms with van der Waals surface area (Å²) in [6.45, 7) is 1.08. The maximum absolute atomic E-state index is 11.7. The molecule has 2 N–H and O–H groups in total. The molecule has 6 heteroatoms. The standard InChI is InChI=1S/C17H22N2O4/c1-21-15-6-5-13(12-16(15)22-2)7-9-18-17(20)19-10-8-14-4-3-11-23-14/h3-6,11-12H,7-10H2,1-2H3,(H2,18,19,20). The molecule has 6 nitrogen and oxygen atoms in total. The van der Waals surface area contributed by atoms with Crippen molar-refractivity contribution in [1.82, 2.24) is 10.6 Å². The van der Waals surface area contributed by atoms with Crippen molar-refractivity contribution < 1.29 is 18.7 Å². The molecule has 1 heterocycles. The van der Waals surface area contributed by atoms with E-state index < -0.39 is 0 Å². The molecule has 124 valence electrons. The molecule has 0 aliphatic heterocycles. The van der Waals surface area contributed by atoms with Crippen molar-refractivity contribution in [2.75, 3.05) is 27.3 Å². The molecule has 0 fully saturated rings. The predicted octanol–water partition coefficient (Wildman–Crippen LogP) is 2.38. The highest BCUT2D eigenvalue weighted by atomic mass is 16.5. The van der Waals surface area contributed by atoms with Gasteiger partial charge in [-0.2, -0.15) is 0 Å². The molecule has 2 rings (SSSR count). The van der Waals surface area contributed by atoms with E-state index >= 15 is 0 Å². The number of hydrogen-bond acceptors (Lipinski definition) is 4. The fourth-order valence-corrected chi connectivity index (χ4v) is 2.17. The minimum absolute atomic E-state index is 0.183. The summed E-state index contributed by atoms with van der Waals surface area (Å²) in [6.07, 6.45) is 3.01. The summed E-state index contributed by atoms with van der Waals surface area (Å²) in [6, 6.07) is 9.26. The number of carbonyl (C=O) groups excluding carboxylic acids is 1. The smallest absolute Gasteiger partial charge is 0.314 e. The number of hydrogen-bond donors (Lipinski definition) is 2. The summed E-state index contributed by atoms with van der Waals surface area (Å²) in [5.41, 5.74) is 1.07. The summed E-state index contributed by atoms with van der Waals surface area (Å²) < 4.78 is 15.7. The second kappa shape index (κ2) is 8.73. The first-order valence-corrected chi connectivity index (χ1v) is 7.48. The first-order valence-electron chi connectivity index (χ1n) is 7.48. The van der Waals surface area contributed by atoms with Crippen molar-refractivity contribution in [2.24, 2.45) is 0 Å². The fourth-order valence-electron chi connectivity index (χ4n) is 2.17. The van der Waals surface area contributed by atoms with Gasteiger partial charge in [-0.05, 0) is 36.2 Å². The molecule has 1 aromatic carbocycles. The zero-order chi connectivity index (χ0) is 16.5. The molecule has 0 bridgehead atoms. The average molecular weight is 318 g/mol. The lowest BCUT2D eigenvalue weighted by Gasteiger charge is -2.10. The monoisotopic (exact) mass is 318 g/mol. The number of amides is 2. The molecule has 0 atom stereocenters. The lowest BCUT2D eigenvalue weighted by atomic mass is 10.1. The first-order chi connectivity index (χ1) is 11.2. The van der Waals surface area contributed by atoms with Crippen LogP contribution in [0.25, 0.3) is 0 Å². The molecule has 2 aromatic rings. The minimum Gasteiger partial charge on any atom is -0.493 e. The van der Waals surface area contributed by atoms with Crippen molar-refractivity contribution >= 4 is 6.03 Å². The summed E-state index contributed by atoms with van der Waals surface area (Å²) >= 11 is 0. The largest absolute Gasteiger partial charge is 0.493 e. The number of ether oxygens (including phenoxy) is 2. The highest BCUT2D eigenvalue weighted by molar-refractivity contribution is 5.73. The average Bonchev–Trinajstić information content (AvgIpc) is 3.08. The summed E-state index contributed by atoms with van der Waals surface area (Å²) in [4.78, 5) is 11.7. The van der Waals surface area contributed by atoms with Crippen molar-refractivity contribution in [3.05, 3.63) is 47.9 Å². The number of nitrogens with one attached hydrogen (secondary N) is 2. The van der Waals surface area contributed by atoms with E-state index in [-0.39, 0.29) is 6.03 Å². The number of benzene rings is 1. The molecule has 0 aliphatic rings. The number of methoxy groups -OCH3 is 2. The van der Waals surface area contributed by atoms with Crippen LogP contribution < -0.4 is 20.1 Å². The minimum atomic E-state index is -0.183. The van der Waals surface area contributed by atoms with Gasteiger partial charge in [0, 0.05) is 19.5 Å². The number of urea groups is 1. The lowest BCUT2D eigenvalue weighted by molar-refractivity contribution is 0.241. The SMILES string of the molecule is COc1ccc(CCNC(=O)NCCc2ccco2)cc1OC. The summed E-state index contributed by atoms with van der Waals surface area (Å²) in [5.74, 6) is 2.24. The number of furan rings is 1. The van der Waals surface area contributed by atoms with Gasteiger partial charge in [-0.3, -0.25) is 0 Å². The van der Waals surface area contributed by atoms with Gasteiger partial charge >= 0.3 is 6.03 Å². The Morgan fingerprint density at radius 3 is 2.43 bits per heavy atom. The Balaban J connectivity index is 1.68. The zero-order valence-electron chi connectivity index (χ0n) is 13.4. The molecule has 0 saturated carbocycles. The zero-order valence-corrected chi connectivity index (χ0v) is 13.4. The van der Waals surface area contributed by atoms with Crippen LogP contribution in [-0.4, -0.2) is 33.3 Å². The van der Waals surface area contributed by atoms with E-state index in [1.54, 1.807) is 20.5 Å². The van der Waals surface area contributed by atoms with Gasteiger partial charge in [0.05, 0.1) is 20.5 Å². The molecular formula is C17H22N2O4. The molecule has 0 saturated heterocycles. The molecule has 0 spiro atoms. The second-order valence-electron chi connectivity index (χ2n) is 4.95. The molecular weight excluding hydrogens is 296 g/mol. The van der Waals surface area contributed by atoms with Gasteiger partial charge in [-0.1, -0.05) is 6.07 Å². The van der Waals surface area contributed by atoms with Crippen LogP contribution in [-0.2, 0) is 12.8 Å². The topological polar surface area (TPSA) is 72.7 Å². The Morgan fingerprint density at radius 1 is 1.04 bits per heavy atom. The van der Waals surface area contributed by atoms with E-state index in [2.05, 4.69) is 10.6 Å².